The van der Waals surface area contributed by atoms with Gasteiger partial charge in [0.2, 0.25) is 0 Å². The normalized spacial score (nSPS) is 24.5. The van der Waals surface area contributed by atoms with E-state index >= 15 is 0 Å². The molecule has 48 heavy (non-hydrogen) atoms. The van der Waals surface area contributed by atoms with Crippen LogP contribution < -0.4 is 0 Å². The number of rotatable bonds is 12. The van der Waals surface area contributed by atoms with Crippen molar-refractivity contribution < 1.29 is 20.4 Å². The van der Waals surface area contributed by atoms with Gasteiger partial charge in [0.15, 0.2) is 0 Å². The fourth-order valence-corrected chi connectivity index (χ4v) is 10.1. The third-order valence-corrected chi connectivity index (χ3v) is 14.0. The van der Waals surface area contributed by atoms with E-state index in [9.17, 15) is 20.4 Å². The standard InChI is InChI=1S/2C21H33IO2/c2*1-5-6-7-8-15-12-18(23)19(21(24)20(15)22)17-11-14(4)9-10-16(17)13(2)3/h2*12-14,16-17,23-24H,5-11H2,1-4H3/t14-,16+,17-;14-,16-,17+/m10/s1. The summed E-state index contributed by atoms with van der Waals surface area (Å²) in [5.41, 5.74) is 3.80. The molecule has 2 aliphatic rings. The molecule has 0 aromatic heterocycles. The number of unbranched alkanes of at least 4 members (excludes halogenated alkanes) is 4. The second-order valence-corrected chi connectivity index (χ2v) is 18.2. The van der Waals surface area contributed by atoms with Crippen LogP contribution >= 0.6 is 45.2 Å². The average molecular weight is 889 g/mol. The van der Waals surface area contributed by atoms with Crippen LogP contribution in [0.4, 0.5) is 0 Å². The third-order valence-electron chi connectivity index (χ3n) is 11.5. The second kappa shape index (κ2) is 19.6. The minimum absolute atomic E-state index is 0.270. The topological polar surface area (TPSA) is 80.9 Å². The number of aryl methyl sites for hydroxylation is 2. The Morgan fingerprint density at radius 1 is 0.604 bits per heavy atom. The van der Waals surface area contributed by atoms with E-state index in [-0.39, 0.29) is 11.8 Å². The van der Waals surface area contributed by atoms with E-state index in [0.29, 0.717) is 58.5 Å². The van der Waals surface area contributed by atoms with Gasteiger partial charge in [-0.15, -0.1) is 0 Å². The number of phenolic OH excluding ortho intramolecular Hbond substituents is 4. The molecule has 0 bridgehead atoms. The molecule has 4 rings (SSSR count). The zero-order valence-electron chi connectivity index (χ0n) is 31.2. The maximum Gasteiger partial charge on any atom is 0.136 e. The Hall–Kier alpha value is -0.900. The van der Waals surface area contributed by atoms with Crippen molar-refractivity contribution in [1.82, 2.24) is 0 Å². The van der Waals surface area contributed by atoms with Gasteiger partial charge in [0.1, 0.15) is 23.0 Å². The number of benzene rings is 2. The lowest BCUT2D eigenvalue weighted by Crippen LogP contribution is -2.26. The molecule has 0 spiro atoms. The average Bonchev–Trinajstić information content (AvgIpc) is 3.02. The van der Waals surface area contributed by atoms with Gasteiger partial charge in [0.05, 0.1) is 7.14 Å². The summed E-state index contributed by atoms with van der Waals surface area (Å²) >= 11 is 4.53. The van der Waals surface area contributed by atoms with Crippen LogP contribution in [0.1, 0.15) is 167 Å². The molecule has 4 nitrogen and oxygen atoms in total. The first-order valence-electron chi connectivity index (χ1n) is 19.2. The Morgan fingerprint density at radius 3 is 1.27 bits per heavy atom. The van der Waals surface area contributed by atoms with Crippen LogP contribution in [-0.2, 0) is 12.8 Å². The van der Waals surface area contributed by atoms with Crippen LogP contribution in [0.5, 0.6) is 23.0 Å². The maximum absolute atomic E-state index is 10.9. The zero-order valence-corrected chi connectivity index (χ0v) is 35.5. The Balaban J connectivity index is 0.000000260. The van der Waals surface area contributed by atoms with E-state index in [1.807, 2.05) is 12.1 Å². The highest BCUT2D eigenvalue weighted by Gasteiger charge is 2.37. The van der Waals surface area contributed by atoms with Gasteiger partial charge in [-0.1, -0.05) is 93.9 Å². The number of phenols is 4. The minimum Gasteiger partial charge on any atom is -0.508 e. The number of halogens is 2. The smallest absolute Gasteiger partial charge is 0.136 e. The molecule has 2 saturated carbocycles. The van der Waals surface area contributed by atoms with Crippen molar-refractivity contribution in [2.24, 2.45) is 35.5 Å². The lowest BCUT2D eigenvalue weighted by atomic mass is 9.67. The molecule has 2 aliphatic carbocycles. The lowest BCUT2D eigenvalue weighted by molar-refractivity contribution is 0.191. The van der Waals surface area contributed by atoms with Crippen LogP contribution in [0.2, 0.25) is 0 Å². The van der Waals surface area contributed by atoms with Gasteiger partial charge >= 0.3 is 0 Å². The molecule has 0 heterocycles. The summed E-state index contributed by atoms with van der Waals surface area (Å²) in [6, 6.07) is 3.84. The summed E-state index contributed by atoms with van der Waals surface area (Å²) in [7, 11) is 0. The second-order valence-electron chi connectivity index (χ2n) is 16.0. The molecule has 6 atom stereocenters. The van der Waals surface area contributed by atoms with Crippen LogP contribution in [0.3, 0.4) is 0 Å². The van der Waals surface area contributed by atoms with Crippen LogP contribution in [0.15, 0.2) is 12.1 Å². The van der Waals surface area contributed by atoms with Crippen LogP contribution in [-0.4, -0.2) is 20.4 Å². The molecule has 0 radical (unpaired) electrons. The van der Waals surface area contributed by atoms with Gasteiger partial charge in [-0.25, -0.2) is 0 Å². The van der Waals surface area contributed by atoms with E-state index in [0.717, 1.165) is 67.9 Å². The molecule has 0 unspecified atom stereocenters. The summed E-state index contributed by atoms with van der Waals surface area (Å²) < 4.78 is 1.88. The van der Waals surface area contributed by atoms with Gasteiger partial charge in [-0.3, -0.25) is 0 Å². The lowest BCUT2D eigenvalue weighted by Gasteiger charge is -2.38. The van der Waals surface area contributed by atoms with Crippen molar-refractivity contribution >= 4 is 45.2 Å². The van der Waals surface area contributed by atoms with E-state index in [1.54, 1.807) is 0 Å². The highest BCUT2D eigenvalue weighted by Crippen LogP contribution is 2.52. The third kappa shape index (κ3) is 10.6. The van der Waals surface area contributed by atoms with Gasteiger partial charge in [-0.2, -0.15) is 0 Å². The summed E-state index contributed by atoms with van der Waals surface area (Å²) in [6.45, 7) is 18.1. The summed E-state index contributed by atoms with van der Waals surface area (Å²) in [4.78, 5) is 0. The Morgan fingerprint density at radius 2 is 0.958 bits per heavy atom. The van der Waals surface area contributed by atoms with Crippen molar-refractivity contribution in [2.45, 2.75) is 157 Å². The molecule has 0 aliphatic heterocycles. The predicted molar refractivity (Wildman–Crippen MR) is 220 cm³/mol. The van der Waals surface area contributed by atoms with Crippen molar-refractivity contribution in [1.29, 1.82) is 0 Å². The maximum atomic E-state index is 10.9. The van der Waals surface area contributed by atoms with E-state index in [4.69, 9.17) is 0 Å². The predicted octanol–water partition coefficient (Wildman–Crippen LogP) is 13.2. The largest absolute Gasteiger partial charge is 0.508 e. The molecule has 2 fully saturated rings. The molecule has 272 valence electrons. The Kier molecular flexibility index (Phi) is 17.0. The monoisotopic (exact) mass is 888 g/mol. The highest BCUT2D eigenvalue weighted by atomic mass is 127. The van der Waals surface area contributed by atoms with Crippen LogP contribution in [0.25, 0.3) is 0 Å². The van der Waals surface area contributed by atoms with Crippen molar-refractivity contribution in [3.63, 3.8) is 0 Å². The number of aromatic hydroxyl groups is 4. The Bertz CT molecular complexity index is 1210. The van der Waals surface area contributed by atoms with Crippen molar-refractivity contribution in [2.75, 3.05) is 0 Å². The number of hydrogen-bond donors (Lipinski definition) is 4. The molecular weight excluding hydrogens is 822 g/mol. The molecule has 0 saturated heterocycles. The van der Waals surface area contributed by atoms with E-state index in [2.05, 4.69) is 101 Å². The minimum atomic E-state index is 0.270. The molecule has 2 aromatic rings. The molecule has 6 heteroatoms. The fourth-order valence-electron chi connectivity index (χ4n) is 8.69. The first-order chi connectivity index (χ1) is 22.7. The summed E-state index contributed by atoms with van der Waals surface area (Å²) in [5.74, 6) is 5.38. The first kappa shape index (κ1) is 41.5. The molecule has 2 aromatic carbocycles. The van der Waals surface area contributed by atoms with Gasteiger partial charge in [0, 0.05) is 11.1 Å². The summed E-state index contributed by atoms with van der Waals surface area (Å²) in [5, 5.41) is 43.2. The van der Waals surface area contributed by atoms with Crippen molar-refractivity contribution in [3.05, 3.63) is 41.5 Å². The molecular formula is C42H66I2O4. The molecule has 4 N–H and O–H groups in total. The van der Waals surface area contributed by atoms with E-state index < -0.39 is 0 Å². The quantitative estimate of drug-likeness (QED) is 0.126. The zero-order chi connectivity index (χ0) is 35.7. The summed E-state index contributed by atoms with van der Waals surface area (Å²) in [6.07, 6.45) is 15.9. The van der Waals surface area contributed by atoms with Gasteiger partial charge < -0.3 is 20.4 Å². The number of hydrogen-bond acceptors (Lipinski definition) is 4. The molecule has 0 amide bonds. The van der Waals surface area contributed by atoms with E-state index in [1.165, 1.54) is 51.4 Å². The van der Waals surface area contributed by atoms with Crippen molar-refractivity contribution in [3.8, 4) is 23.0 Å². The fraction of sp³-hybridized carbons (Fsp3) is 0.714. The van der Waals surface area contributed by atoms with Gasteiger partial charge in [0.25, 0.3) is 0 Å². The Labute approximate surface area is 320 Å². The highest BCUT2D eigenvalue weighted by molar-refractivity contribution is 14.1. The van der Waals surface area contributed by atoms with Crippen LogP contribution in [0, 0.1) is 42.6 Å². The SMILES string of the molecule is CCCCCc1cc(O)c([C@@H]2C[C@@H](C)CC[C@H]2C(C)C)c(O)c1I.CCCCCc1cc(O)c([C@@H]2C[C@H](C)CC[C@H]2C(C)C)c(O)c1I. The van der Waals surface area contributed by atoms with Gasteiger partial charge in [-0.05, 0) is 167 Å². The first-order valence-corrected chi connectivity index (χ1v) is 21.3.